The molecule has 0 saturated carbocycles. The number of hydrogen-bond donors (Lipinski definition) is 2. The van der Waals surface area contributed by atoms with Gasteiger partial charge in [0.05, 0.1) is 0 Å². The fourth-order valence-electron chi connectivity index (χ4n) is 0.956. The first-order chi connectivity index (χ1) is 6.57. The normalized spacial score (nSPS) is 13.8. The molecule has 0 heterocycles. The van der Waals surface area contributed by atoms with Gasteiger partial charge in [0.2, 0.25) is 0 Å². The number of carboxylic acid groups (broad SMARTS) is 1. The maximum Gasteiger partial charge on any atom is 0.351 e. The van der Waals surface area contributed by atoms with Crippen LogP contribution in [0, 0.1) is 5.92 Å². The van der Waals surface area contributed by atoms with Crippen LogP contribution in [0.15, 0.2) is 5.10 Å². The lowest BCUT2D eigenvalue weighted by Crippen LogP contribution is -2.16. The van der Waals surface area contributed by atoms with Gasteiger partial charge in [-0.2, -0.15) is 5.10 Å². The van der Waals surface area contributed by atoms with Crippen LogP contribution in [0.5, 0.6) is 0 Å². The molecule has 0 aromatic carbocycles. The van der Waals surface area contributed by atoms with Crippen LogP contribution in [0.1, 0.15) is 40.0 Å². The molecule has 0 radical (unpaired) electrons. The number of rotatable bonds is 7. The zero-order valence-corrected chi connectivity index (χ0v) is 9.21. The third-order valence-corrected chi connectivity index (χ3v) is 2.24. The van der Waals surface area contributed by atoms with Crippen LogP contribution in [-0.2, 0) is 4.79 Å². The first-order valence-corrected chi connectivity index (χ1v) is 5.08. The monoisotopic (exact) mass is 200 g/mol. The molecule has 4 nitrogen and oxygen atoms in total. The van der Waals surface area contributed by atoms with Gasteiger partial charge in [-0.15, -0.1) is 0 Å². The Balaban J connectivity index is 3.47. The molecule has 0 bridgehead atoms. The van der Waals surface area contributed by atoms with E-state index in [0.29, 0.717) is 0 Å². The van der Waals surface area contributed by atoms with E-state index in [9.17, 15) is 4.79 Å². The molecule has 0 aliphatic carbocycles. The van der Waals surface area contributed by atoms with Gasteiger partial charge in [-0.05, 0) is 25.7 Å². The highest BCUT2D eigenvalue weighted by Crippen LogP contribution is 2.07. The highest BCUT2D eigenvalue weighted by Gasteiger charge is 2.00. The van der Waals surface area contributed by atoms with Crippen molar-refractivity contribution in [3.8, 4) is 0 Å². The van der Waals surface area contributed by atoms with E-state index in [1.54, 1.807) is 0 Å². The molecule has 0 aromatic heterocycles. The van der Waals surface area contributed by atoms with Crippen molar-refractivity contribution in [1.29, 1.82) is 0 Å². The summed E-state index contributed by atoms with van der Waals surface area (Å²) in [6, 6.07) is 0. The number of nitrogens with one attached hydrogen (secondary N) is 1. The van der Waals surface area contributed by atoms with E-state index in [0.717, 1.165) is 25.3 Å². The van der Waals surface area contributed by atoms with Crippen molar-refractivity contribution in [1.82, 2.24) is 5.43 Å². The lowest BCUT2D eigenvalue weighted by molar-refractivity contribution is -0.129. The average Bonchev–Trinajstić information content (AvgIpc) is 2.16. The van der Waals surface area contributed by atoms with Gasteiger partial charge in [0.1, 0.15) is 5.71 Å². The third kappa shape index (κ3) is 6.46. The van der Waals surface area contributed by atoms with Crippen molar-refractivity contribution >= 4 is 11.7 Å². The molecule has 2 N–H and O–H groups in total. The standard InChI is InChI=1S/C10H20N2O2/c1-4-8(2)6-5-7-11-12-9(3)10(13)14/h8,11H,4-7H2,1-3H3,(H,13,14)/b12-9+. The molecule has 0 amide bonds. The van der Waals surface area contributed by atoms with Crippen LogP contribution >= 0.6 is 0 Å². The Bertz CT molecular complexity index is 202. The van der Waals surface area contributed by atoms with Crippen LogP contribution in [0.4, 0.5) is 0 Å². The lowest BCUT2D eigenvalue weighted by Gasteiger charge is -2.07. The summed E-state index contributed by atoms with van der Waals surface area (Å²) in [5.41, 5.74) is 2.86. The van der Waals surface area contributed by atoms with Crippen LogP contribution < -0.4 is 5.43 Å². The summed E-state index contributed by atoms with van der Waals surface area (Å²) in [6.45, 7) is 6.61. The Morgan fingerprint density at radius 2 is 2.21 bits per heavy atom. The molecule has 0 fully saturated rings. The Morgan fingerprint density at radius 1 is 1.57 bits per heavy atom. The number of aliphatic carboxylic acids is 1. The summed E-state index contributed by atoms with van der Waals surface area (Å²) in [5.74, 6) is -0.235. The van der Waals surface area contributed by atoms with Crippen molar-refractivity contribution in [3.63, 3.8) is 0 Å². The van der Waals surface area contributed by atoms with E-state index < -0.39 is 5.97 Å². The molecule has 0 rings (SSSR count). The molecule has 4 heteroatoms. The van der Waals surface area contributed by atoms with Crippen molar-refractivity contribution < 1.29 is 9.90 Å². The van der Waals surface area contributed by atoms with Crippen LogP contribution in [0.3, 0.4) is 0 Å². The van der Waals surface area contributed by atoms with Gasteiger partial charge < -0.3 is 10.5 Å². The van der Waals surface area contributed by atoms with Crippen molar-refractivity contribution in [2.24, 2.45) is 11.0 Å². The number of carbonyl (C=O) groups is 1. The van der Waals surface area contributed by atoms with Crippen LogP contribution in [-0.4, -0.2) is 23.3 Å². The summed E-state index contributed by atoms with van der Waals surface area (Å²) in [7, 11) is 0. The van der Waals surface area contributed by atoms with Gasteiger partial charge in [-0.3, -0.25) is 0 Å². The van der Waals surface area contributed by atoms with Gasteiger partial charge >= 0.3 is 5.97 Å². The first-order valence-electron chi connectivity index (χ1n) is 5.08. The summed E-state index contributed by atoms with van der Waals surface area (Å²) >= 11 is 0. The summed E-state index contributed by atoms with van der Waals surface area (Å²) < 4.78 is 0. The smallest absolute Gasteiger partial charge is 0.351 e. The molecular weight excluding hydrogens is 180 g/mol. The second kappa shape index (κ2) is 7.35. The predicted octanol–water partition coefficient (Wildman–Crippen LogP) is 1.86. The topological polar surface area (TPSA) is 61.7 Å². The molecule has 82 valence electrons. The molecule has 0 aliphatic rings. The van der Waals surface area contributed by atoms with Gasteiger partial charge in [0.15, 0.2) is 0 Å². The number of hydrogen-bond acceptors (Lipinski definition) is 3. The van der Waals surface area contributed by atoms with Crippen molar-refractivity contribution in [2.45, 2.75) is 40.0 Å². The quantitative estimate of drug-likeness (QED) is 0.374. The van der Waals surface area contributed by atoms with Crippen LogP contribution in [0.2, 0.25) is 0 Å². The molecule has 0 aromatic rings. The Labute approximate surface area is 85.4 Å². The number of carboxylic acids is 1. The molecule has 1 atom stereocenters. The largest absolute Gasteiger partial charge is 0.477 e. The molecule has 0 saturated heterocycles. The molecule has 0 spiro atoms. The second-order valence-corrected chi connectivity index (χ2v) is 3.57. The van der Waals surface area contributed by atoms with Crippen molar-refractivity contribution in [2.75, 3.05) is 6.54 Å². The Hall–Kier alpha value is -1.06. The fourth-order valence-corrected chi connectivity index (χ4v) is 0.956. The number of hydrazone groups is 1. The summed E-state index contributed by atoms with van der Waals surface area (Å²) in [6.07, 6.45) is 3.38. The van der Waals surface area contributed by atoms with E-state index in [-0.39, 0.29) is 5.71 Å². The lowest BCUT2D eigenvalue weighted by atomic mass is 10.0. The Kier molecular flexibility index (Phi) is 6.80. The molecule has 0 aliphatic heterocycles. The van der Waals surface area contributed by atoms with Gasteiger partial charge in [0, 0.05) is 6.54 Å². The molecule has 14 heavy (non-hydrogen) atoms. The van der Waals surface area contributed by atoms with E-state index in [2.05, 4.69) is 24.4 Å². The highest BCUT2D eigenvalue weighted by molar-refractivity contribution is 6.34. The van der Waals surface area contributed by atoms with Crippen LogP contribution in [0.25, 0.3) is 0 Å². The van der Waals surface area contributed by atoms with Gasteiger partial charge in [-0.1, -0.05) is 20.3 Å². The second-order valence-electron chi connectivity index (χ2n) is 3.57. The minimum absolute atomic E-state index is 0.105. The minimum Gasteiger partial charge on any atom is -0.477 e. The predicted molar refractivity (Wildman–Crippen MR) is 57.4 cm³/mol. The molecular formula is C10H20N2O2. The first kappa shape index (κ1) is 12.9. The zero-order valence-electron chi connectivity index (χ0n) is 9.21. The van der Waals surface area contributed by atoms with E-state index in [1.165, 1.54) is 13.3 Å². The maximum atomic E-state index is 10.3. The number of nitrogens with zero attached hydrogens (tertiary/aromatic N) is 1. The third-order valence-electron chi connectivity index (χ3n) is 2.24. The fraction of sp³-hybridized carbons (Fsp3) is 0.800. The van der Waals surface area contributed by atoms with E-state index >= 15 is 0 Å². The summed E-state index contributed by atoms with van der Waals surface area (Å²) in [4.78, 5) is 10.3. The molecule has 1 unspecified atom stereocenters. The van der Waals surface area contributed by atoms with Crippen molar-refractivity contribution in [3.05, 3.63) is 0 Å². The highest BCUT2D eigenvalue weighted by atomic mass is 16.4. The zero-order chi connectivity index (χ0) is 11.0. The minimum atomic E-state index is -0.973. The summed E-state index contributed by atoms with van der Waals surface area (Å²) in [5, 5.41) is 12.2. The average molecular weight is 200 g/mol. The Morgan fingerprint density at radius 3 is 2.71 bits per heavy atom. The van der Waals surface area contributed by atoms with E-state index in [4.69, 9.17) is 5.11 Å². The SMILES string of the molecule is CCC(C)CCCN/N=C(\C)C(=O)O. The maximum absolute atomic E-state index is 10.3. The van der Waals surface area contributed by atoms with Gasteiger partial charge in [0.25, 0.3) is 0 Å². The van der Waals surface area contributed by atoms with Gasteiger partial charge in [-0.25, -0.2) is 4.79 Å². The van der Waals surface area contributed by atoms with E-state index in [1.807, 2.05) is 0 Å².